The van der Waals surface area contributed by atoms with Gasteiger partial charge in [0.25, 0.3) is 0 Å². The third kappa shape index (κ3) is 1.75. The molecule has 3 nitrogen and oxygen atoms in total. The van der Waals surface area contributed by atoms with Crippen molar-refractivity contribution >= 4 is 0 Å². The van der Waals surface area contributed by atoms with Crippen LogP contribution in [0.5, 0.6) is 0 Å². The lowest BCUT2D eigenvalue weighted by Crippen LogP contribution is -2.56. The van der Waals surface area contributed by atoms with Crippen LogP contribution in [-0.4, -0.2) is 18.2 Å². The molecular weight excluding hydrogens is 346 g/mol. The number of fused-ring (bicyclic) bond motifs is 10. The maximum atomic E-state index is 11.3. The van der Waals surface area contributed by atoms with Gasteiger partial charge in [0, 0.05) is 5.41 Å². The van der Waals surface area contributed by atoms with Crippen LogP contribution in [0.4, 0.5) is 0 Å². The fourth-order valence-electron chi connectivity index (χ4n) is 9.83. The molecule has 0 aromatic rings. The molecule has 6 unspecified atom stereocenters. The summed E-state index contributed by atoms with van der Waals surface area (Å²) in [7, 11) is 0. The van der Waals surface area contributed by atoms with Gasteiger partial charge in [0.2, 0.25) is 0 Å². The molecule has 150 valence electrons. The van der Waals surface area contributed by atoms with E-state index in [0.717, 1.165) is 48.5 Å². The van der Waals surface area contributed by atoms with E-state index in [2.05, 4.69) is 30.3 Å². The lowest BCUT2D eigenvalue weighted by molar-refractivity contribution is -0.146. The van der Waals surface area contributed by atoms with Gasteiger partial charge in [-0.2, -0.15) is 4.91 Å². The highest BCUT2D eigenvalue weighted by atomic mass is 16.5. The van der Waals surface area contributed by atoms with Crippen molar-refractivity contribution in [3.63, 3.8) is 0 Å². The van der Waals surface area contributed by atoms with E-state index in [1.165, 1.54) is 51.4 Å². The highest BCUT2D eigenvalue weighted by Crippen LogP contribution is 2.80. The van der Waals surface area contributed by atoms with Crippen LogP contribution < -0.4 is 0 Å². The molecule has 5 fully saturated rings. The Morgan fingerprint density at radius 3 is 2.75 bits per heavy atom. The van der Waals surface area contributed by atoms with Crippen LogP contribution in [0.3, 0.4) is 0 Å². The average Bonchev–Trinajstić information content (AvgIpc) is 3.63. The number of nitroso groups, excluding NO2 is 1. The predicted octanol–water partition coefficient (Wildman–Crippen LogP) is 5.66. The second-order valence-electron chi connectivity index (χ2n) is 11.4. The van der Waals surface area contributed by atoms with Crippen LogP contribution in [0.25, 0.3) is 0 Å². The molecule has 7 rings (SSSR count). The quantitative estimate of drug-likeness (QED) is 0.459. The van der Waals surface area contributed by atoms with E-state index in [4.69, 9.17) is 4.74 Å². The van der Waals surface area contributed by atoms with Gasteiger partial charge in [0.05, 0.1) is 12.2 Å². The Morgan fingerprint density at radius 2 is 2.04 bits per heavy atom. The van der Waals surface area contributed by atoms with Crippen molar-refractivity contribution in [2.24, 2.45) is 51.5 Å². The molecule has 0 aromatic heterocycles. The van der Waals surface area contributed by atoms with Crippen molar-refractivity contribution in [3.8, 4) is 0 Å². The first-order valence-corrected chi connectivity index (χ1v) is 12.0. The van der Waals surface area contributed by atoms with E-state index < -0.39 is 0 Å². The van der Waals surface area contributed by atoms with Crippen molar-refractivity contribution < 1.29 is 4.74 Å². The molecule has 3 heteroatoms. The largest absolute Gasteiger partial charge is 0.366 e. The Bertz CT molecular complexity index is 796. The van der Waals surface area contributed by atoms with Gasteiger partial charge >= 0.3 is 0 Å². The molecule has 0 radical (unpaired) electrons. The van der Waals surface area contributed by atoms with E-state index in [1.807, 2.05) is 0 Å². The molecule has 0 aromatic carbocycles. The third-order valence-corrected chi connectivity index (χ3v) is 10.9. The molecular formula is C25H33NO2. The third-order valence-electron chi connectivity index (χ3n) is 10.9. The molecule has 0 amide bonds. The summed E-state index contributed by atoms with van der Waals surface area (Å²) in [5.41, 5.74) is 2.62. The predicted molar refractivity (Wildman–Crippen MR) is 109 cm³/mol. The molecule has 6 aliphatic carbocycles. The van der Waals surface area contributed by atoms with E-state index in [9.17, 15) is 4.91 Å². The minimum Gasteiger partial charge on any atom is -0.366 e. The van der Waals surface area contributed by atoms with Crippen molar-refractivity contribution in [2.45, 2.75) is 76.4 Å². The molecule has 9 atom stereocenters. The molecule has 28 heavy (non-hydrogen) atoms. The first kappa shape index (κ1) is 16.8. The second kappa shape index (κ2) is 5.20. The van der Waals surface area contributed by atoms with Gasteiger partial charge in [-0.25, -0.2) is 0 Å². The normalized spacial score (nSPS) is 56.6. The standard InChI is InChI=1S/C25H33NO2/c1-2-24-8-6-16-17-5-4-15(26-27)12-20(17)23(9-10-23)14-19(16)22(24)18-13-21(18)25(24)7-3-11-28-25/h3,7,12,15-19,21-22H,2,4-6,8-11,13-14H2,1H3/t15?,16?,17-,18?,19?,21?,22?,24+,25+/m1/s1. The second-order valence-corrected chi connectivity index (χ2v) is 11.4. The van der Waals surface area contributed by atoms with Crippen LogP contribution in [0.2, 0.25) is 0 Å². The first-order chi connectivity index (χ1) is 13.7. The van der Waals surface area contributed by atoms with Crippen molar-refractivity contribution in [3.05, 3.63) is 28.7 Å². The molecule has 5 saturated carbocycles. The Hall–Kier alpha value is -0.960. The highest BCUT2D eigenvalue weighted by molar-refractivity contribution is 5.37. The molecule has 1 aliphatic heterocycles. The number of hydrogen-bond donors (Lipinski definition) is 0. The van der Waals surface area contributed by atoms with Crippen molar-refractivity contribution in [1.29, 1.82) is 0 Å². The number of allylic oxidation sites excluding steroid dienone is 1. The summed E-state index contributed by atoms with van der Waals surface area (Å²) in [5.74, 6) is 5.11. The number of ether oxygens (including phenoxy) is 1. The fraction of sp³-hybridized carbons (Fsp3) is 0.840. The van der Waals surface area contributed by atoms with Crippen molar-refractivity contribution in [1.82, 2.24) is 0 Å². The minimum absolute atomic E-state index is 0.0433. The SMILES string of the molecule is CC[C@]12CCC3C(CC4(CC4)C4=CC(N=O)CC[C@@H]43)C1C1CC1[C@@]21C=CCO1. The van der Waals surface area contributed by atoms with Gasteiger partial charge in [-0.1, -0.05) is 35.9 Å². The van der Waals surface area contributed by atoms with Gasteiger partial charge in [0.15, 0.2) is 0 Å². The van der Waals surface area contributed by atoms with Gasteiger partial charge in [-0.05, 0) is 98.7 Å². The van der Waals surface area contributed by atoms with Gasteiger partial charge in [0.1, 0.15) is 6.04 Å². The molecule has 1 heterocycles. The zero-order valence-corrected chi connectivity index (χ0v) is 17.1. The fourth-order valence-corrected chi connectivity index (χ4v) is 9.83. The molecule has 0 saturated heterocycles. The maximum Gasteiger partial charge on any atom is 0.110 e. The van der Waals surface area contributed by atoms with Crippen LogP contribution in [0.15, 0.2) is 29.0 Å². The average molecular weight is 380 g/mol. The van der Waals surface area contributed by atoms with Gasteiger partial charge in [-0.3, -0.25) is 0 Å². The molecule has 2 spiro atoms. The Balaban J connectivity index is 1.31. The summed E-state index contributed by atoms with van der Waals surface area (Å²) in [6.07, 6.45) is 19.0. The number of hydrogen-bond acceptors (Lipinski definition) is 3. The van der Waals surface area contributed by atoms with Crippen LogP contribution in [0.1, 0.15) is 64.7 Å². The summed E-state index contributed by atoms with van der Waals surface area (Å²) in [6, 6.07) is -0.0433. The van der Waals surface area contributed by atoms with E-state index in [1.54, 1.807) is 5.57 Å². The zero-order valence-electron chi connectivity index (χ0n) is 17.1. The lowest BCUT2D eigenvalue weighted by Gasteiger charge is -2.60. The number of nitrogens with zero attached hydrogens (tertiary/aromatic N) is 1. The molecule has 7 aliphatic rings. The van der Waals surface area contributed by atoms with Crippen LogP contribution >= 0.6 is 0 Å². The first-order valence-electron chi connectivity index (χ1n) is 12.0. The highest BCUT2D eigenvalue weighted by Gasteiger charge is 2.78. The topological polar surface area (TPSA) is 38.7 Å². The monoisotopic (exact) mass is 379 g/mol. The van der Waals surface area contributed by atoms with E-state index >= 15 is 0 Å². The lowest BCUT2D eigenvalue weighted by atomic mass is 9.46. The van der Waals surface area contributed by atoms with Crippen LogP contribution in [0, 0.1) is 51.2 Å². The molecule has 0 N–H and O–H groups in total. The minimum atomic E-state index is -0.0433. The summed E-state index contributed by atoms with van der Waals surface area (Å²) in [6.45, 7) is 3.29. The van der Waals surface area contributed by atoms with Gasteiger partial charge in [-0.15, -0.1) is 0 Å². The summed E-state index contributed by atoms with van der Waals surface area (Å²) in [4.78, 5) is 11.3. The van der Waals surface area contributed by atoms with Crippen molar-refractivity contribution in [2.75, 3.05) is 6.61 Å². The Kier molecular flexibility index (Phi) is 3.12. The number of rotatable bonds is 2. The molecule has 0 bridgehead atoms. The summed E-state index contributed by atoms with van der Waals surface area (Å²) >= 11 is 0. The Morgan fingerprint density at radius 1 is 1.14 bits per heavy atom. The summed E-state index contributed by atoms with van der Waals surface area (Å²) < 4.78 is 6.63. The summed E-state index contributed by atoms with van der Waals surface area (Å²) in [5, 5.41) is 3.43. The van der Waals surface area contributed by atoms with Gasteiger partial charge < -0.3 is 4.74 Å². The van der Waals surface area contributed by atoms with E-state index in [0.29, 0.717) is 10.8 Å². The smallest absolute Gasteiger partial charge is 0.110 e. The Labute approximate surface area is 168 Å². The van der Waals surface area contributed by atoms with Crippen LogP contribution in [-0.2, 0) is 4.74 Å². The maximum absolute atomic E-state index is 11.3. The zero-order chi connectivity index (χ0) is 18.7. The van der Waals surface area contributed by atoms with E-state index in [-0.39, 0.29) is 11.6 Å².